The monoisotopic (exact) mass is 445 g/mol. The number of para-hydroxylation sites is 2. The molecule has 0 fully saturated rings. The molecule has 0 aliphatic carbocycles. The summed E-state index contributed by atoms with van der Waals surface area (Å²) in [6.45, 7) is 5.61. The van der Waals surface area contributed by atoms with Crippen molar-refractivity contribution >= 4 is 16.9 Å². The summed E-state index contributed by atoms with van der Waals surface area (Å²) < 4.78 is 21.9. The Morgan fingerprint density at radius 1 is 1.06 bits per heavy atom. The number of imidazole rings is 1. The van der Waals surface area contributed by atoms with Crippen molar-refractivity contribution in [3.8, 4) is 5.75 Å². The number of rotatable bonds is 9. The number of carbonyl (C=O) groups is 1. The van der Waals surface area contributed by atoms with E-state index in [2.05, 4.69) is 36.3 Å². The Labute approximate surface area is 193 Å². The predicted molar refractivity (Wildman–Crippen MR) is 128 cm³/mol. The third-order valence-electron chi connectivity index (χ3n) is 5.90. The van der Waals surface area contributed by atoms with Gasteiger partial charge in [-0.1, -0.05) is 50.2 Å². The lowest BCUT2D eigenvalue weighted by atomic mass is 9.99. The molecule has 1 aromatic heterocycles. The zero-order valence-electron chi connectivity index (χ0n) is 18.9. The number of carbonyl (C=O) groups excluding carboxylic acids is 1. The molecular weight excluding hydrogens is 417 g/mol. The highest BCUT2D eigenvalue weighted by atomic mass is 19.1. The Morgan fingerprint density at radius 2 is 1.79 bits per heavy atom. The maximum atomic E-state index is 13.9. The molecular formula is C27H28FN3O2. The summed E-state index contributed by atoms with van der Waals surface area (Å²) in [5.41, 5.74) is 3.12. The molecule has 1 N–H and O–H groups in total. The van der Waals surface area contributed by atoms with Gasteiger partial charge in [0.1, 0.15) is 24.0 Å². The summed E-state index contributed by atoms with van der Waals surface area (Å²) in [5, 5.41) is 2.78. The number of aromatic nitrogens is 2. The Bertz CT molecular complexity index is 1230. The Hall–Kier alpha value is -3.67. The fourth-order valence-corrected chi connectivity index (χ4v) is 3.79. The number of ether oxygens (including phenoxy) is 1. The molecule has 4 rings (SSSR count). The Kier molecular flexibility index (Phi) is 7.03. The SMILES string of the molecule is CCC(C)c1ccc(OCCn2c(CNC(=O)c3ccccc3F)nc3ccccc32)cc1. The van der Waals surface area contributed by atoms with Crippen LogP contribution in [0.1, 0.15) is 47.9 Å². The van der Waals surface area contributed by atoms with Crippen molar-refractivity contribution in [2.45, 2.75) is 39.3 Å². The van der Waals surface area contributed by atoms with Gasteiger partial charge in [-0.2, -0.15) is 0 Å². The van der Waals surface area contributed by atoms with E-state index in [-0.39, 0.29) is 12.1 Å². The molecule has 6 heteroatoms. The van der Waals surface area contributed by atoms with Crippen molar-refractivity contribution in [2.24, 2.45) is 0 Å². The van der Waals surface area contributed by atoms with Crippen LogP contribution in [0.15, 0.2) is 72.8 Å². The van der Waals surface area contributed by atoms with Crippen LogP contribution in [0, 0.1) is 5.82 Å². The second kappa shape index (κ2) is 10.3. The maximum Gasteiger partial charge on any atom is 0.254 e. The number of nitrogens with one attached hydrogen (secondary N) is 1. The maximum absolute atomic E-state index is 13.9. The van der Waals surface area contributed by atoms with E-state index in [9.17, 15) is 9.18 Å². The van der Waals surface area contributed by atoms with Gasteiger partial charge < -0.3 is 14.6 Å². The molecule has 0 saturated heterocycles. The van der Waals surface area contributed by atoms with Gasteiger partial charge in [-0.25, -0.2) is 9.37 Å². The van der Waals surface area contributed by atoms with Crippen molar-refractivity contribution in [1.29, 1.82) is 0 Å². The number of fused-ring (bicyclic) bond motifs is 1. The summed E-state index contributed by atoms with van der Waals surface area (Å²) in [6, 6.07) is 22.0. The lowest BCUT2D eigenvalue weighted by molar-refractivity contribution is 0.0945. The van der Waals surface area contributed by atoms with Gasteiger partial charge in [0.15, 0.2) is 0 Å². The first-order valence-electron chi connectivity index (χ1n) is 11.3. The van der Waals surface area contributed by atoms with E-state index in [0.717, 1.165) is 23.2 Å². The van der Waals surface area contributed by atoms with Gasteiger partial charge in [-0.3, -0.25) is 4.79 Å². The van der Waals surface area contributed by atoms with Crippen molar-refractivity contribution in [3.63, 3.8) is 0 Å². The first kappa shape index (κ1) is 22.5. The van der Waals surface area contributed by atoms with Gasteiger partial charge in [0.05, 0.1) is 29.7 Å². The smallest absolute Gasteiger partial charge is 0.254 e. The summed E-state index contributed by atoms with van der Waals surface area (Å²) in [7, 11) is 0. The van der Waals surface area contributed by atoms with Crippen LogP contribution >= 0.6 is 0 Å². The van der Waals surface area contributed by atoms with E-state index >= 15 is 0 Å². The van der Waals surface area contributed by atoms with Gasteiger partial charge >= 0.3 is 0 Å². The number of benzene rings is 3. The molecule has 1 atom stereocenters. The van der Waals surface area contributed by atoms with Gasteiger partial charge in [0.2, 0.25) is 0 Å². The van der Waals surface area contributed by atoms with Crippen molar-refractivity contribution in [2.75, 3.05) is 6.61 Å². The van der Waals surface area contributed by atoms with Crippen LogP contribution in [-0.4, -0.2) is 22.1 Å². The molecule has 33 heavy (non-hydrogen) atoms. The normalized spacial score (nSPS) is 12.0. The van der Waals surface area contributed by atoms with Crippen molar-refractivity contribution in [1.82, 2.24) is 14.9 Å². The van der Waals surface area contributed by atoms with Crippen LogP contribution in [0.25, 0.3) is 11.0 Å². The lowest BCUT2D eigenvalue weighted by Gasteiger charge is -2.13. The van der Waals surface area contributed by atoms with Gasteiger partial charge in [-0.05, 0) is 54.3 Å². The van der Waals surface area contributed by atoms with Crippen LogP contribution in [0.5, 0.6) is 5.75 Å². The molecule has 4 aromatic rings. The third-order valence-corrected chi connectivity index (χ3v) is 5.90. The van der Waals surface area contributed by atoms with Crippen LogP contribution in [0.2, 0.25) is 0 Å². The molecule has 0 radical (unpaired) electrons. The number of hydrogen-bond acceptors (Lipinski definition) is 3. The van der Waals surface area contributed by atoms with Crippen molar-refractivity contribution in [3.05, 3.63) is 95.6 Å². The second-order valence-electron chi connectivity index (χ2n) is 8.06. The fraction of sp³-hybridized carbons (Fsp3) is 0.259. The molecule has 0 aliphatic rings. The zero-order valence-corrected chi connectivity index (χ0v) is 18.9. The lowest BCUT2D eigenvalue weighted by Crippen LogP contribution is -2.26. The van der Waals surface area contributed by atoms with E-state index in [4.69, 9.17) is 4.74 Å². The van der Waals surface area contributed by atoms with Crippen LogP contribution in [0.3, 0.4) is 0 Å². The molecule has 1 heterocycles. The standard InChI is InChI=1S/C27H28FN3O2/c1-3-19(2)20-12-14-21(15-13-20)33-17-16-31-25-11-7-6-10-24(25)30-26(31)18-29-27(32)22-8-4-5-9-23(22)28/h4-15,19H,3,16-18H2,1-2H3,(H,29,32). The van der Waals surface area contributed by atoms with Crippen LogP contribution in [0.4, 0.5) is 4.39 Å². The quantitative estimate of drug-likeness (QED) is 0.360. The first-order chi connectivity index (χ1) is 16.1. The summed E-state index contributed by atoms with van der Waals surface area (Å²) in [5.74, 6) is 1.02. The minimum atomic E-state index is -0.545. The summed E-state index contributed by atoms with van der Waals surface area (Å²) >= 11 is 0. The van der Waals surface area contributed by atoms with Gasteiger partial charge in [-0.15, -0.1) is 0 Å². The third kappa shape index (κ3) is 5.22. The molecule has 1 unspecified atom stereocenters. The second-order valence-corrected chi connectivity index (χ2v) is 8.06. The number of halogens is 1. The molecule has 0 saturated carbocycles. The van der Waals surface area contributed by atoms with Crippen molar-refractivity contribution < 1.29 is 13.9 Å². The molecule has 0 bridgehead atoms. The first-order valence-corrected chi connectivity index (χ1v) is 11.3. The highest BCUT2D eigenvalue weighted by Gasteiger charge is 2.14. The van der Waals surface area contributed by atoms with Crippen LogP contribution < -0.4 is 10.1 Å². The molecule has 1 amide bonds. The summed E-state index contributed by atoms with van der Waals surface area (Å²) in [4.78, 5) is 17.1. The summed E-state index contributed by atoms with van der Waals surface area (Å²) in [6.07, 6.45) is 1.10. The minimum Gasteiger partial charge on any atom is -0.492 e. The van der Waals surface area contributed by atoms with E-state index in [0.29, 0.717) is 24.9 Å². The Morgan fingerprint density at radius 3 is 2.55 bits per heavy atom. The Balaban J connectivity index is 1.45. The zero-order chi connectivity index (χ0) is 23.2. The predicted octanol–water partition coefficient (Wildman–Crippen LogP) is 5.70. The largest absolute Gasteiger partial charge is 0.492 e. The highest BCUT2D eigenvalue weighted by molar-refractivity contribution is 5.94. The minimum absolute atomic E-state index is 0.0179. The molecule has 3 aromatic carbocycles. The van der Waals surface area contributed by atoms with Gasteiger partial charge in [0, 0.05) is 0 Å². The van der Waals surface area contributed by atoms with E-state index < -0.39 is 11.7 Å². The van der Waals surface area contributed by atoms with E-state index in [1.807, 2.05) is 41.0 Å². The van der Waals surface area contributed by atoms with E-state index in [1.165, 1.54) is 17.7 Å². The van der Waals surface area contributed by atoms with Crippen LogP contribution in [-0.2, 0) is 13.1 Å². The average Bonchev–Trinajstić information content (AvgIpc) is 3.20. The molecule has 0 aliphatic heterocycles. The topological polar surface area (TPSA) is 56.1 Å². The fourth-order valence-electron chi connectivity index (χ4n) is 3.79. The van der Waals surface area contributed by atoms with Gasteiger partial charge in [0.25, 0.3) is 5.91 Å². The number of nitrogens with zero attached hydrogens (tertiary/aromatic N) is 2. The average molecular weight is 446 g/mol. The van der Waals surface area contributed by atoms with E-state index in [1.54, 1.807) is 12.1 Å². The number of hydrogen-bond donors (Lipinski definition) is 1. The highest BCUT2D eigenvalue weighted by Crippen LogP contribution is 2.22. The molecule has 170 valence electrons. The molecule has 5 nitrogen and oxygen atoms in total. The number of amides is 1. The molecule has 0 spiro atoms.